The highest BCUT2D eigenvalue weighted by Gasteiger charge is 2.30. The molecule has 220 valence electrons. The number of ether oxygens (including phenoxy) is 2. The number of nitrogens with one attached hydrogen (secondary N) is 2. The second kappa shape index (κ2) is 12.4. The van der Waals surface area contributed by atoms with Crippen molar-refractivity contribution in [3.63, 3.8) is 0 Å². The van der Waals surface area contributed by atoms with Crippen LogP contribution in [0.25, 0.3) is 11.3 Å². The maximum Gasteiger partial charge on any atom is 0.421 e. The molecule has 3 aromatic rings. The largest absolute Gasteiger partial charge is 0.444 e. The van der Waals surface area contributed by atoms with E-state index in [2.05, 4.69) is 26.7 Å². The maximum absolute atomic E-state index is 13.5. The van der Waals surface area contributed by atoms with Gasteiger partial charge in [-0.2, -0.15) is 5.26 Å². The molecule has 1 aliphatic carbocycles. The van der Waals surface area contributed by atoms with Crippen LogP contribution in [0.1, 0.15) is 71.4 Å². The average Bonchev–Trinajstić information content (AvgIpc) is 3.75. The fraction of sp³-hybridized carbons (Fsp3) is 0.419. The standard InChI is InChI=1S/C31H37N7O4/c1-30(2,3)41-28(39)36-12-11-34-24-14-23(18-33-19-24)25-15-22(21-7-8-21)16-27(37-25)38(29(40)42-31(4,5)6)26-13-20(17-32)9-10-35-26/h9-10,13-16,18-19,21,34H,7-8,11-12H2,1-6H3,(H,36,39). The Morgan fingerprint density at radius 3 is 2.40 bits per heavy atom. The van der Waals surface area contributed by atoms with Gasteiger partial charge in [0, 0.05) is 37.2 Å². The molecule has 2 amide bonds. The lowest BCUT2D eigenvalue weighted by Crippen LogP contribution is -2.35. The summed E-state index contributed by atoms with van der Waals surface area (Å²) in [4.78, 5) is 40.3. The number of carbonyl (C=O) groups excluding carboxylic acids is 2. The lowest BCUT2D eigenvalue weighted by atomic mass is 10.1. The van der Waals surface area contributed by atoms with E-state index in [1.54, 1.807) is 39.2 Å². The molecule has 0 saturated heterocycles. The number of nitrogens with zero attached hydrogens (tertiary/aromatic N) is 5. The van der Waals surface area contributed by atoms with Crippen LogP contribution in [-0.4, -0.2) is 51.4 Å². The monoisotopic (exact) mass is 571 g/mol. The van der Waals surface area contributed by atoms with E-state index in [-0.39, 0.29) is 5.82 Å². The van der Waals surface area contributed by atoms with E-state index in [4.69, 9.17) is 14.5 Å². The van der Waals surface area contributed by atoms with E-state index in [1.165, 1.54) is 17.2 Å². The zero-order chi connectivity index (χ0) is 30.5. The van der Waals surface area contributed by atoms with Crippen LogP contribution >= 0.6 is 0 Å². The van der Waals surface area contributed by atoms with Gasteiger partial charge in [-0.15, -0.1) is 0 Å². The molecule has 1 fully saturated rings. The van der Waals surface area contributed by atoms with Gasteiger partial charge in [-0.1, -0.05) is 0 Å². The molecule has 11 heteroatoms. The number of nitriles is 1. The quantitative estimate of drug-likeness (QED) is 0.298. The molecule has 4 rings (SSSR count). The summed E-state index contributed by atoms with van der Waals surface area (Å²) in [6.07, 6.45) is 5.83. The first kappa shape index (κ1) is 30.2. The number of alkyl carbamates (subject to hydrolysis) is 1. The number of aromatic nitrogens is 3. The molecule has 42 heavy (non-hydrogen) atoms. The predicted octanol–water partition coefficient (Wildman–Crippen LogP) is 6.30. The predicted molar refractivity (Wildman–Crippen MR) is 159 cm³/mol. The van der Waals surface area contributed by atoms with Gasteiger partial charge in [0.25, 0.3) is 0 Å². The summed E-state index contributed by atoms with van der Waals surface area (Å²) < 4.78 is 11.0. The van der Waals surface area contributed by atoms with Crippen LogP contribution in [0.3, 0.4) is 0 Å². The summed E-state index contributed by atoms with van der Waals surface area (Å²) in [6, 6.07) is 11.0. The lowest BCUT2D eigenvalue weighted by Gasteiger charge is -2.27. The van der Waals surface area contributed by atoms with Crippen molar-refractivity contribution in [1.29, 1.82) is 5.26 Å². The van der Waals surface area contributed by atoms with Gasteiger partial charge in [-0.05, 0) is 96.2 Å². The Balaban J connectivity index is 1.63. The average molecular weight is 572 g/mol. The van der Waals surface area contributed by atoms with Crippen LogP contribution < -0.4 is 15.5 Å². The third-order valence-corrected chi connectivity index (χ3v) is 5.95. The Bertz CT molecular complexity index is 1480. The lowest BCUT2D eigenvalue weighted by molar-refractivity contribution is 0.0528. The van der Waals surface area contributed by atoms with Gasteiger partial charge >= 0.3 is 12.2 Å². The van der Waals surface area contributed by atoms with Crippen LogP contribution in [0.4, 0.5) is 26.9 Å². The summed E-state index contributed by atoms with van der Waals surface area (Å²) in [5.41, 5.74) is 2.18. The normalized spacial score (nSPS) is 13.1. The SMILES string of the molecule is CC(C)(C)OC(=O)NCCNc1cncc(-c2cc(C3CC3)cc(N(C(=O)OC(C)(C)C)c3cc(C#N)ccn3)n2)c1. The molecule has 11 nitrogen and oxygen atoms in total. The molecular weight excluding hydrogens is 534 g/mol. The van der Waals surface area contributed by atoms with E-state index in [9.17, 15) is 14.9 Å². The Hall–Kier alpha value is -4.72. The Morgan fingerprint density at radius 1 is 1.00 bits per heavy atom. The Kier molecular flexibility index (Phi) is 8.95. The summed E-state index contributed by atoms with van der Waals surface area (Å²) in [7, 11) is 0. The van der Waals surface area contributed by atoms with E-state index < -0.39 is 23.4 Å². The van der Waals surface area contributed by atoms with Gasteiger partial charge in [0.15, 0.2) is 0 Å². The van der Waals surface area contributed by atoms with Crippen LogP contribution in [0.5, 0.6) is 0 Å². The highest BCUT2D eigenvalue weighted by Crippen LogP contribution is 2.43. The zero-order valence-electron chi connectivity index (χ0n) is 24.9. The zero-order valence-corrected chi connectivity index (χ0v) is 24.9. The smallest absolute Gasteiger partial charge is 0.421 e. The van der Waals surface area contributed by atoms with Crippen molar-refractivity contribution in [3.05, 3.63) is 60.0 Å². The maximum atomic E-state index is 13.5. The van der Waals surface area contributed by atoms with Crippen molar-refractivity contribution in [2.45, 2.75) is 71.5 Å². The second-order valence-corrected chi connectivity index (χ2v) is 12.1. The number of rotatable bonds is 8. The fourth-order valence-electron chi connectivity index (χ4n) is 4.04. The van der Waals surface area contributed by atoms with Crippen molar-refractivity contribution in [2.75, 3.05) is 23.3 Å². The van der Waals surface area contributed by atoms with Crippen LogP contribution in [0.2, 0.25) is 0 Å². The van der Waals surface area contributed by atoms with E-state index in [0.29, 0.717) is 36.1 Å². The minimum absolute atomic E-state index is 0.237. The van der Waals surface area contributed by atoms with Gasteiger partial charge < -0.3 is 20.1 Å². The first-order valence-corrected chi connectivity index (χ1v) is 13.9. The van der Waals surface area contributed by atoms with Crippen molar-refractivity contribution in [1.82, 2.24) is 20.3 Å². The number of carbonyl (C=O) groups is 2. The minimum Gasteiger partial charge on any atom is -0.444 e. The third-order valence-electron chi connectivity index (χ3n) is 5.95. The van der Waals surface area contributed by atoms with E-state index in [1.807, 2.05) is 39.0 Å². The Morgan fingerprint density at radius 2 is 1.74 bits per heavy atom. The van der Waals surface area contributed by atoms with Crippen molar-refractivity contribution in [2.24, 2.45) is 0 Å². The van der Waals surface area contributed by atoms with Crippen molar-refractivity contribution < 1.29 is 19.1 Å². The van der Waals surface area contributed by atoms with Crippen molar-refractivity contribution >= 4 is 29.5 Å². The molecule has 1 aliphatic rings. The van der Waals surface area contributed by atoms with Crippen LogP contribution in [-0.2, 0) is 9.47 Å². The molecule has 3 aromatic heterocycles. The van der Waals surface area contributed by atoms with E-state index in [0.717, 1.165) is 29.7 Å². The highest BCUT2D eigenvalue weighted by molar-refractivity contribution is 5.94. The Labute approximate surface area is 246 Å². The summed E-state index contributed by atoms with van der Waals surface area (Å²) >= 11 is 0. The minimum atomic E-state index is -0.763. The number of anilines is 3. The number of amides is 2. The number of pyridine rings is 3. The molecule has 0 bridgehead atoms. The molecule has 2 N–H and O–H groups in total. The van der Waals surface area contributed by atoms with Crippen molar-refractivity contribution in [3.8, 4) is 17.3 Å². The van der Waals surface area contributed by atoms with Gasteiger partial charge in [0.1, 0.15) is 22.8 Å². The van der Waals surface area contributed by atoms with E-state index >= 15 is 0 Å². The van der Waals surface area contributed by atoms with Gasteiger partial charge in [0.05, 0.1) is 23.0 Å². The first-order valence-electron chi connectivity index (χ1n) is 13.9. The molecule has 0 atom stereocenters. The summed E-state index contributed by atoms with van der Waals surface area (Å²) in [5, 5.41) is 15.4. The molecule has 0 spiro atoms. The fourth-order valence-corrected chi connectivity index (χ4v) is 4.04. The third kappa shape index (κ3) is 8.64. The van der Waals surface area contributed by atoms with Crippen LogP contribution in [0.15, 0.2) is 48.9 Å². The highest BCUT2D eigenvalue weighted by atomic mass is 16.6. The summed E-state index contributed by atoms with van der Waals surface area (Å²) in [5.74, 6) is 0.935. The van der Waals surface area contributed by atoms with Gasteiger partial charge in [0.2, 0.25) is 0 Å². The number of hydrogen-bond acceptors (Lipinski definition) is 9. The molecule has 1 saturated carbocycles. The molecule has 0 radical (unpaired) electrons. The van der Waals surface area contributed by atoms with Crippen LogP contribution in [0, 0.1) is 11.3 Å². The molecular formula is C31H37N7O4. The topological polar surface area (TPSA) is 142 Å². The summed E-state index contributed by atoms with van der Waals surface area (Å²) in [6.45, 7) is 11.6. The molecule has 0 aliphatic heterocycles. The van der Waals surface area contributed by atoms with Gasteiger partial charge in [-0.3, -0.25) is 4.98 Å². The molecule has 0 unspecified atom stereocenters. The van der Waals surface area contributed by atoms with Gasteiger partial charge in [-0.25, -0.2) is 24.5 Å². The molecule has 3 heterocycles. The number of hydrogen-bond donors (Lipinski definition) is 2. The molecule has 0 aromatic carbocycles. The first-order chi connectivity index (χ1) is 19.8. The second-order valence-electron chi connectivity index (χ2n) is 12.1.